The molecule has 3 aromatic carbocycles. The first kappa shape index (κ1) is 20.1. The van der Waals surface area contributed by atoms with Crippen molar-refractivity contribution >= 4 is 46.1 Å². The molecule has 4 aromatic rings. The maximum atomic E-state index is 13.1. The molecule has 5 nitrogen and oxygen atoms in total. The van der Waals surface area contributed by atoms with Gasteiger partial charge in [-0.05, 0) is 48.9 Å². The van der Waals surface area contributed by atoms with Crippen LogP contribution in [0.5, 0.6) is 0 Å². The second kappa shape index (κ2) is 8.02. The lowest BCUT2D eigenvalue weighted by Crippen LogP contribution is -2.35. The van der Waals surface area contributed by atoms with E-state index in [1.54, 1.807) is 18.2 Å². The maximum Gasteiger partial charge on any atom is 0.282 e. The SMILES string of the molecule is Cc1c(/C=C2/C(=O)NN(c3ccccc3)C2=O)c2ccccc2n1Cc1ccc(Cl)cc1. The Bertz CT molecular complexity index is 1370. The van der Waals surface area contributed by atoms with Crippen molar-refractivity contribution in [3.05, 3.63) is 106 Å². The van der Waals surface area contributed by atoms with E-state index in [4.69, 9.17) is 11.6 Å². The van der Waals surface area contributed by atoms with E-state index < -0.39 is 5.91 Å². The summed E-state index contributed by atoms with van der Waals surface area (Å²) in [4.78, 5) is 25.7. The van der Waals surface area contributed by atoms with E-state index >= 15 is 0 Å². The molecule has 0 saturated carbocycles. The molecule has 1 aliphatic rings. The molecule has 158 valence electrons. The monoisotopic (exact) mass is 441 g/mol. The Hall–Kier alpha value is -3.83. The van der Waals surface area contributed by atoms with Crippen molar-refractivity contribution in [3.63, 3.8) is 0 Å². The first-order valence-corrected chi connectivity index (χ1v) is 10.6. The molecular weight excluding hydrogens is 422 g/mol. The summed E-state index contributed by atoms with van der Waals surface area (Å²) in [6.45, 7) is 2.66. The number of anilines is 1. The van der Waals surface area contributed by atoms with Crippen LogP contribution in [-0.2, 0) is 16.1 Å². The van der Waals surface area contributed by atoms with E-state index in [9.17, 15) is 9.59 Å². The van der Waals surface area contributed by atoms with Crippen molar-refractivity contribution in [2.45, 2.75) is 13.5 Å². The van der Waals surface area contributed by atoms with E-state index in [0.29, 0.717) is 17.3 Å². The van der Waals surface area contributed by atoms with Gasteiger partial charge < -0.3 is 4.57 Å². The van der Waals surface area contributed by atoms with E-state index in [2.05, 4.69) is 9.99 Å². The first-order valence-electron chi connectivity index (χ1n) is 10.3. The molecule has 1 aliphatic heterocycles. The Morgan fingerprint density at radius 1 is 0.906 bits per heavy atom. The van der Waals surface area contributed by atoms with Crippen LogP contribution in [0.15, 0.2) is 84.4 Å². The van der Waals surface area contributed by atoms with Gasteiger partial charge in [0.2, 0.25) is 0 Å². The molecular formula is C26H20ClN3O2. The van der Waals surface area contributed by atoms with Gasteiger partial charge in [0.05, 0.1) is 5.69 Å². The quantitative estimate of drug-likeness (QED) is 0.353. The van der Waals surface area contributed by atoms with Gasteiger partial charge in [0.15, 0.2) is 0 Å². The number of carbonyl (C=O) groups excluding carboxylic acids is 2. The summed E-state index contributed by atoms with van der Waals surface area (Å²) in [5, 5.41) is 2.98. The van der Waals surface area contributed by atoms with Crippen LogP contribution in [-0.4, -0.2) is 16.4 Å². The summed E-state index contributed by atoms with van der Waals surface area (Å²) in [5.74, 6) is -0.775. The molecule has 0 bridgehead atoms. The summed E-state index contributed by atoms with van der Waals surface area (Å²) < 4.78 is 2.19. The van der Waals surface area contributed by atoms with Crippen molar-refractivity contribution in [2.75, 3.05) is 5.01 Å². The second-order valence-corrected chi connectivity index (χ2v) is 8.14. The Balaban J connectivity index is 1.58. The lowest BCUT2D eigenvalue weighted by molar-refractivity contribution is -0.117. The number of hydrazine groups is 1. The topological polar surface area (TPSA) is 54.3 Å². The van der Waals surface area contributed by atoms with Crippen LogP contribution >= 0.6 is 11.6 Å². The van der Waals surface area contributed by atoms with Crippen LogP contribution in [0.2, 0.25) is 5.02 Å². The number of halogens is 1. The first-order chi connectivity index (χ1) is 15.5. The van der Waals surface area contributed by atoms with Crippen LogP contribution in [0, 0.1) is 6.92 Å². The molecule has 0 spiro atoms. The smallest absolute Gasteiger partial charge is 0.282 e. The molecule has 0 radical (unpaired) electrons. The summed E-state index contributed by atoms with van der Waals surface area (Å²) in [7, 11) is 0. The van der Waals surface area contributed by atoms with Gasteiger partial charge >= 0.3 is 0 Å². The third-order valence-electron chi connectivity index (χ3n) is 5.73. The molecule has 0 atom stereocenters. The van der Waals surface area contributed by atoms with Crippen LogP contribution in [0.3, 0.4) is 0 Å². The maximum absolute atomic E-state index is 13.1. The average Bonchev–Trinajstić information content (AvgIpc) is 3.24. The van der Waals surface area contributed by atoms with E-state index in [1.807, 2.05) is 73.7 Å². The average molecular weight is 442 g/mol. The molecule has 1 saturated heterocycles. The van der Waals surface area contributed by atoms with E-state index in [1.165, 1.54) is 5.01 Å². The highest BCUT2D eigenvalue weighted by Crippen LogP contribution is 2.30. The molecule has 1 N–H and O–H groups in total. The molecule has 0 aliphatic carbocycles. The number of carbonyl (C=O) groups is 2. The third kappa shape index (κ3) is 3.47. The number of para-hydroxylation sites is 2. The summed E-state index contributed by atoms with van der Waals surface area (Å²) in [5.41, 5.74) is 7.40. The second-order valence-electron chi connectivity index (χ2n) is 7.70. The van der Waals surface area contributed by atoms with Gasteiger partial charge in [0.1, 0.15) is 5.57 Å². The van der Waals surface area contributed by atoms with Gasteiger partial charge in [0.25, 0.3) is 11.8 Å². The molecule has 5 rings (SSSR count). The van der Waals surface area contributed by atoms with Gasteiger partial charge in [-0.15, -0.1) is 0 Å². The minimum atomic E-state index is -0.409. The lowest BCUT2D eigenvalue weighted by Gasteiger charge is -2.13. The molecule has 32 heavy (non-hydrogen) atoms. The number of nitrogens with one attached hydrogen (secondary N) is 1. The number of hydrogen-bond acceptors (Lipinski definition) is 2. The Labute approximate surface area is 190 Å². The fourth-order valence-corrected chi connectivity index (χ4v) is 4.20. The number of nitrogens with zero attached hydrogens (tertiary/aromatic N) is 2. The van der Waals surface area contributed by atoms with Gasteiger partial charge in [-0.2, -0.15) is 0 Å². The highest BCUT2D eigenvalue weighted by Gasteiger charge is 2.34. The van der Waals surface area contributed by atoms with E-state index in [-0.39, 0.29) is 11.5 Å². The number of rotatable bonds is 4. The molecule has 2 heterocycles. The van der Waals surface area contributed by atoms with E-state index in [0.717, 1.165) is 27.7 Å². The van der Waals surface area contributed by atoms with Crippen molar-refractivity contribution in [3.8, 4) is 0 Å². The standard InChI is InChI=1S/C26H20ClN3O2/c1-17-22(15-23-25(31)28-30(26(23)32)20-7-3-2-4-8-20)21-9-5-6-10-24(21)29(17)16-18-11-13-19(27)14-12-18/h2-15H,16H2,1H3,(H,28,31)/b23-15-. The Kier molecular flexibility index (Phi) is 5.04. The number of amides is 2. The lowest BCUT2D eigenvalue weighted by atomic mass is 10.1. The summed E-state index contributed by atoms with van der Waals surface area (Å²) in [6, 6.07) is 24.8. The third-order valence-corrected chi connectivity index (χ3v) is 5.98. The summed E-state index contributed by atoms with van der Waals surface area (Å²) >= 11 is 6.04. The normalized spacial score (nSPS) is 15.1. The minimum Gasteiger partial charge on any atom is -0.340 e. The van der Waals surface area contributed by atoms with Crippen LogP contribution in [0.25, 0.3) is 17.0 Å². The van der Waals surface area contributed by atoms with Crippen LogP contribution in [0.4, 0.5) is 5.69 Å². The molecule has 1 fully saturated rings. The number of fused-ring (bicyclic) bond motifs is 1. The van der Waals surface area contributed by atoms with Crippen molar-refractivity contribution in [1.82, 2.24) is 9.99 Å². The number of aromatic nitrogens is 1. The van der Waals surface area contributed by atoms with Gasteiger partial charge in [0, 0.05) is 33.7 Å². The van der Waals surface area contributed by atoms with Gasteiger partial charge in [-0.25, -0.2) is 5.01 Å². The minimum absolute atomic E-state index is 0.117. The number of benzene rings is 3. The largest absolute Gasteiger partial charge is 0.340 e. The Morgan fingerprint density at radius 3 is 2.34 bits per heavy atom. The van der Waals surface area contributed by atoms with Crippen LogP contribution in [0.1, 0.15) is 16.8 Å². The van der Waals surface area contributed by atoms with Crippen molar-refractivity contribution in [2.24, 2.45) is 0 Å². The molecule has 2 amide bonds. The van der Waals surface area contributed by atoms with Gasteiger partial charge in [-0.3, -0.25) is 15.0 Å². The zero-order valence-electron chi connectivity index (χ0n) is 17.4. The molecule has 1 aromatic heterocycles. The fourth-order valence-electron chi connectivity index (χ4n) is 4.08. The summed E-state index contributed by atoms with van der Waals surface area (Å²) in [6.07, 6.45) is 1.70. The van der Waals surface area contributed by atoms with Crippen LogP contribution < -0.4 is 10.4 Å². The predicted molar refractivity (Wildman–Crippen MR) is 127 cm³/mol. The zero-order chi connectivity index (χ0) is 22.2. The number of hydrogen-bond donors (Lipinski definition) is 1. The predicted octanol–water partition coefficient (Wildman–Crippen LogP) is 5.11. The zero-order valence-corrected chi connectivity index (χ0v) is 18.1. The highest BCUT2D eigenvalue weighted by molar-refractivity contribution is 6.32. The molecule has 6 heteroatoms. The molecule has 0 unspecified atom stereocenters. The van der Waals surface area contributed by atoms with Gasteiger partial charge in [-0.1, -0.05) is 60.1 Å². The van der Waals surface area contributed by atoms with Crippen molar-refractivity contribution in [1.29, 1.82) is 0 Å². The Morgan fingerprint density at radius 2 is 1.59 bits per heavy atom. The van der Waals surface area contributed by atoms with Crippen molar-refractivity contribution < 1.29 is 9.59 Å². The highest BCUT2D eigenvalue weighted by atomic mass is 35.5. The fraction of sp³-hybridized carbons (Fsp3) is 0.0769.